The van der Waals surface area contributed by atoms with Gasteiger partial charge in [0.25, 0.3) is 0 Å². The summed E-state index contributed by atoms with van der Waals surface area (Å²) in [6.45, 7) is 4.69. The first-order valence-corrected chi connectivity index (χ1v) is 9.04. The lowest BCUT2D eigenvalue weighted by atomic mass is 10.1. The molecule has 0 aromatic heterocycles. The van der Waals surface area contributed by atoms with Crippen LogP contribution in [0.3, 0.4) is 0 Å². The largest absolute Gasteiger partial charge is 0.493 e. The van der Waals surface area contributed by atoms with E-state index in [1.165, 1.54) is 0 Å². The highest BCUT2D eigenvalue weighted by Gasteiger charge is 2.20. The molecule has 0 N–H and O–H groups in total. The molecule has 0 aliphatic carbocycles. The van der Waals surface area contributed by atoms with Crippen LogP contribution < -0.4 is 19.1 Å². The van der Waals surface area contributed by atoms with Gasteiger partial charge in [-0.25, -0.2) is 0 Å². The number of hydrogen-bond donors (Lipinski definition) is 0. The minimum atomic E-state index is 0.627. The van der Waals surface area contributed by atoms with Crippen molar-refractivity contribution in [3.63, 3.8) is 0 Å². The highest BCUT2D eigenvalue weighted by Crippen LogP contribution is 2.38. The molecule has 26 heavy (non-hydrogen) atoms. The average Bonchev–Trinajstić information content (AvgIpc) is 2.68. The van der Waals surface area contributed by atoms with Gasteiger partial charge in [-0.1, -0.05) is 23.7 Å². The van der Waals surface area contributed by atoms with Gasteiger partial charge in [-0.15, -0.1) is 0 Å². The van der Waals surface area contributed by atoms with E-state index in [9.17, 15) is 0 Å². The Morgan fingerprint density at radius 2 is 1.50 bits per heavy atom. The van der Waals surface area contributed by atoms with Crippen molar-refractivity contribution in [3.8, 4) is 17.2 Å². The molecule has 140 valence electrons. The normalized spacial score (nSPS) is 15.0. The van der Waals surface area contributed by atoms with Gasteiger partial charge >= 0.3 is 0 Å². The Labute approximate surface area is 160 Å². The second-order valence-electron chi connectivity index (χ2n) is 6.25. The maximum atomic E-state index is 6.32. The molecule has 0 saturated carbocycles. The zero-order valence-electron chi connectivity index (χ0n) is 15.5. The number of benzene rings is 2. The summed E-state index contributed by atoms with van der Waals surface area (Å²) in [7, 11) is 4.90. The zero-order valence-corrected chi connectivity index (χ0v) is 16.3. The van der Waals surface area contributed by atoms with Crippen LogP contribution in [0.2, 0.25) is 5.02 Å². The molecule has 1 saturated heterocycles. The molecule has 6 heteroatoms. The topological polar surface area (TPSA) is 34.2 Å². The Kier molecular flexibility index (Phi) is 6.12. The third-order valence-corrected chi connectivity index (χ3v) is 5.02. The molecule has 0 radical (unpaired) electrons. The van der Waals surface area contributed by atoms with Crippen molar-refractivity contribution in [3.05, 3.63) is 47.0 Å². The minimum Gasteiger partial charge on any atom is -0.493 e. The molecule has 1 aliphatic rings. The van der Waals surface area contributed by atoms with E-state index in [4.69, 9.17) is 25.8 Å². The Morgan fingerprint density at radius 1 is 0.885 bits per heavy atom. The summed E-state index contributed by atoms with van der Waals surface area (Å²) >= 11 is 6.32. The fourth-order valence-corrected chi connectivity index (χ4v) is 3.60. The molecule has 1 fully saturated rings. The summed E-state index contributed by atoms with van der Waals surface area (Å²) in [6, 6.07) is 12.1. The lowest BCUT2D eigenvalue weighted by molar-refractivity contribution is 0.248. The molecule has 3 rings (SSSR count). The predicted octanol–water partition coefficient (Wildman–Crippen LogP) is 3.69. The average molecular weight is 377 g/mol. The van der Waals surface area contributed by atoms with Crippen molar-refractivity contribution in [2.45, 2.75) is 6.54 Å². The van der Waals surface area contributed by atoms with E-state index in [-0.39, 0.29) is 0 Å². The zero-order chi connectivity index (χ0) is 18.5. The molecular formula is C20H25ClN2O3. The highest BCUT2D eigenvalue weighted by atomic mass is 35.5. The number of halogens is 1. The number of nitrogens with zero attached hydrogens (tertiary/aromatic N) is 2. The molecule has 0 spiro atoms. The number of para-hydroxylation sites is 1. The van der Waals surface area contributed by atoms with Gasteiger partial charge in [0.05, 0.1) is 32.0 Å². The van der Waals surface area contributed by atoms with E-state index in [0.717, 1.165) is 49.0 Å². The number of methoxy groups -OCH3 is 3. The summed E-state index contributed by atoms with van der Waals surface area (Å²) in [5, 5.41) is 0.811. The maximum Gasteiger partial charge on any atom is 0.203 e. The Hall–Kier alpha value is -2.11. The minimum absolute atomic E-state index is 0.627. The van der Waals surface area contributed by atoms with E-state index in [1.54, 1.807) is 21.3 Å². The van der Waals surface area contributed by atoms with Gasteiger partial charge in [-0.05, 0) is 29.8 Å². The first kappa shape index (κ1) is 18.7. The Balaban J connectivity index is 1.67. The standard InChI is InChI=1S/C20H25ClN2O3/c1-24-18-12-15(13-19(25-2)20(18)26-3)14-22-8-10-23(11-9-22)17-7-5-4-6-16(17)21/h4-7,12-13H,8-11,14H2,1-3H3. The molecule has 1 heterocycles. The molecular weight excluding hydrogens is 352 g/mol. The van der Waals surface area contributed by atoms with Crippen LogP contribution in [0.1, 0.15) is 5.56 Å². The number of ether oxygens (including phenoxy) is 3. The van der Waals surface area contributed by atoms with Gasteiger partial charge < -0.3 is 19.1 Å². The Morgan fingerprint density at radius 3 is 2.04 bits per heavy atom. The highest BCUT2D eigenvalue weighted by molar-refractivity contribution is 6.33. The summed E-state index contributed by atoms with van der Waals surface area (Å²) in [5.41, 5.74) is 2.26. The lowest BCUT2D eigenvalue weighted by Gasteiger charge is -2.36. The van der Waals surface area contributed by atoms with E-state index < -0.39 is 0 Å². The lowest BCUT2D eigenvalue weighted by Crippen LogP contribution is -2.46. The van der Waals surface area contributed by atoms with E-state index in [1.807, 2.05) is 30.3 Å². The first-order valence-electron chi connectivity index (χ1n) is 8.67. The van der Waals surface area contributed by atoms with Crippen LogP contribution in [-0.2, 0) is 6.54 Å². The van der Waals surface area contributed by atoms with Crippen molar-refractivity contribution in [1.82, 2.24) is 4.90 Å². The molecule has 0 atom stereocenters. The van der Waals surface area contributed by atoms with E-state index in [0.29, 0.717) is 17.2 Å². The van der Waals surface area contributed by atoms with Crippen LogP contribution in [0.25, 0.3) is 0 Å². The molecule has 0 unspecified atom stereocenters. The fraction of sp³-hybridized carbons (Fsp3) is 0.400. The van der Waals surface area contributed by atoms with Crippen molar-refractivity contribution in [1.29, 1.82) is 0 Å². The van der Waals surface area contributed by atoms with Crippen LogP contribution in [0.4, 0.5) is 5.69 Å². The van der Waals surface area contributed by atoms with Gasteiger partial charge in [-0.2, -0.15) is 0 Å². The molecule has 2 aromatic rings. The van der Waals surface area contributed by atoms with Crippen LogP contribution in [0.15, 0.2) is 36.4 Å². The molecule has 0 amide bonds. The van der Waals surface area contributed by atoms with Gasteiger partial charge in [0.2, 0.25) is 5.75 Å². The second kappa shape index (κ2) is 8.52. The first-order chi connectivity index (χ1) is 12.7. The van der Waals surface area contributed by atoms with Crippen LogP contribution >= 0.6 is 11.6 Å². The third kappa shape index (κ3) is 4.00. The van der Waals surface area contributed by atoms with Crippen molar-refractivity contribution < 1.29 is 14.2 Å². The SMILES string of the molecule is COc1cc(CN2CCN(c3ccccc3Cl)CC2)cc(OC)c1OC. The molecule has 0 bridgehead atoms. The van der Waals surface area contributed by atoms with Gasteiger partial charge in [0, 0.05) is 32.7 Å². The van der Waals surface area contributed by atoms with E-state index in [2.05, 4.69) is 15.9 Å². The van der Waals surface area contributed by atoms with Gasteiger partial charge in [0.1, 0.15) is 0 Å². The number of piperazine rings is 1. The summed E-state index contributed by atoms with van der Waals surface area (Å²) < 4.78 is 16.3. The number of rotatable bonds is 6. The molecule has 1 aliphatic heterocycles. The van der Waals surface area contributed by atoms with Gasteiger partial charge in [0.15, 0.2) is 11.5 Å². The number of anilines is 1. The van der Waals surface area contributed by atoms with Crippen molar-refractivity contribution in [2.24, 2.45) is 0 Å². The summed E-state index contributed by atoms with van der Waals surface area (Å²) in [6.07, 6.45) is 0. The molecule has 2 aromatic carbocycles. The van der Waals surface area contributed by atoms with Crippen LogP contribution in [-0.4, -0.2) is 52.4 Å². The predicted molar refractivity (Wildman–Crippen MR) is 105 cm³/mol. The quantitative estimate of drug-likeness (QED) is 0.768. The van der Waals surface area contributed by atoms with Gasteiger partial charge in [-0.3, -0.25) is 4.90 Å². The van der Waals surface area contributed by atoms with Crippen LogP contribution in [0, 0.1) is 0 Å². The van der Waals surface area contributed by atoms with E-state index >= 15 is 0 Å². The Bertz CT molecular complexity index is 721. The summed E-state index contributed by atoms with van der Waals surface area (Å²) in [4.78, 5) is 4.77. The van der Waals surface area contributed by atoms with Crippen LogP contribution in [0.5, 0.6) is 17.2 Å². The van der Waals surface area contributed by atoms with Crippen molar-refractivity contribution >= 4 is 17.3 Å². The fourth-order valence-electron chi connectivity index (χ4n) is 3.34. The maximum absolute atomic E-state index is 6.32. The third-order valence-electron chi connectivity index (χ3n) is 4.70. The van der Waals surface area contributed by atoms with Crippen molar-refractivity contribution in [2.75, 3.05) is 52.4 Å². The number of hydrogen-bond acceptors (Lipinski definition) is 5. The smallest absolute Gasteiger partial charge is 0.203 e. The molecule has 5 nitrogen and oxygen atoms in total. The summed E-state index contributed by atoms with van der Waals surface area (Å²) in [5.74, 6) is 2.01. The monoisotopic (exact) mass is 376 g/mol. The second-order valence-corrected chi connectivity index (χ2v) is 6.66.